The molecule has 2 heteroatoms. The summed E-state index contributed by atoms with van der Waals surface area (Å²) in [6.07, 6.45) is 0. The van der Waals surface area contributed by atoms with Crippen molar-refractivity contribution in [2.75, 3.05) is 4.90 Å². The van der Waals surface area contributed by atoms with Crippen LogP contribution in [0.4, 0.5) is 17.1 Å². The molecule has 0 aliphatic heterocycles. The van der Waals surface area contributed by atoms with Crippen LogP contribution in [0.5, 0.6) is 0 Å². The molecule has 0 spiro atoms. The molecule has 0 saturated carbocycles. The van der Waals surface area contributed by atoms with Crippen molar-refractivity contribution in [1.29, 1.82) is 5.26 Å². The van der Waals surface area contributed by atoms with Crippen molar-refractivity contribution in [3.63, 3.8) is 0 Å². The molecule has 0 saturated heterocycles. The summed E-state index contributed by atoms with van der Waals surface area (Å²) in [6, 6.07) is 48.9. The SMILES string of the molecule is N#Cc1cccc(N(c2ccccc2)c2cccc(-c3ccc4c5c(cccc35)-c3ccccc3-4)c2)c1. The van der Waals surface area contributed by atoms with Gasteiger partial charge in [0.25, 0.3) is 0 Å². The van der Waals surface area contributed by atoms with Gasteiger partial charge in [0.2, 0.25) is 0 Å². The lowest BCUT2D eigenvalue weighted by Crippen LogP contribution is -2.10. The van der Waals surface area contributed by atoms with E-state index in [1.807, 2.05) is 36.4 Å². The first kappa shape index (κ1) is 21.2. The van der Waals surface area contributed by atoms with Crippen molar-refractivity contribution in [1.82, 2.24) is 0 Å². The number of para-hydroxylation sites is 1. The maximum absolute atomic E-state index is 9.52. The summed E-state index contributed by atoms with van der Waals surface area (Å²) in [4.78, 5) is 2.21. The number of fused-ring (bicyclic) bond motifs is 3. The number of rotatable bonds is 4. The zero-order valence-electron chi connectivity index (χ0n) is 20.1. The highest BCUT2D eigenvalue weighted by Gasteiger charge is 2.22. The standard InChI is InChI=1S/C35H22N2/c36-23-24-9-6-13-27(21-24)37(26-11-2-1-3-12-26)28-14-7-10-25(22-28)29-19-20-34-31-16-5-4-15-30(31)33-18-8-17-32(29)35(33)34/h1-22H. The molecule has 7 rings (SSSR count). The lowest BCUT2D eigenvalue weighted by Gasteiger charge is -2.26. The average Bonchev–Trinajstić information content (AvgIpc) is 3.30. The van der Waals surface area contributed by atoms with Crippen molar-refractivity contribution in [2.24, 2.45) is 0 Å². The Hall–Kier alpha value is -5.13. The van der Waals surface area contributed by atoms with Gasteiger partial charge in [-0.3, -0.25) is 0 Å². The molecule has 1 aliphatic carbocycles. The Morgan fingerprint density at radius 2 is 1.05 bits per heavy atom. The van der Waals surface area contributed by atoms with Gasteiger partial charge in [0.05, 0.1) is 11.6 Å². The molecule has 6 aromatic carbocycles. The maximum Gasteiger partial charge on any atom is 0.0992 e. The molecular weight excluding hydrogens is 448 g/mol. The second kappa shape index (κ2) is 8.52. The van der Waals surface area contributed by atoms with Crippen molar-refractivity contribution >= 4 is 27.8 Å². The summed E-state index contributed by atoms with van der Waals surface area (Å²) in [5.41, 5.74) is 11.3. The number of nitriles is 1. The zero-order chi connectivity index (χ0) is 24.8. The van der Waals surface area contributed by atoms with Gasteiger partial charge in [0.15, 0.2) is 0 Å². The van der Waals surface area contributed by atoms with Crippen molar-refractivity contribution in [3.8, 4) is 39.4 Å². The molecular formula is C35H22N2. The molecule has 0 heterocycles. The van der Waals surface area contributed by atoms with Gasteiger partial charge >= 0.3 is 0 Å². The minimum absolute atomic E-state index is 0.640. The highest BCUT2D eigenvalue weighted by atomic mass is 15.1. The van der Waals surface area contributed by atoms with Gasteiger partial charge in [-0.1, -0.05) is 91.0 Å². The number of hydrogen-bond donors (Lipinski definition) is 0. The minimum atomic E-state index is 0.640. The third-order valence-electron chi connectivity index (χ3n) is 7.21. The molecule has 2 nitrogen and oxygen atoms in total. The van der Waals surface area contributed by atoms with Crippen LogP contribution in [0.3, 0.4) is 0 Å². The van der Waals surface area contributed by atoms with Gasteiger partial charge in [-0.15, -0.1) is 0 Å². The van der Waals surface area contributed by atoms with E-state index < -0.39 is 0 Å². The van der Waals surface area contributed by atoms with E-state index in [0.29, 0.717) is 5.56 Å². The van der Waals surface area contributed by atoms with Crippen LogP contribution in [0.1, 0.15) is 5.56 Å². The molecule has 0 bridgehead atoms. The van der Waals surface area contributed by atoms with Gasteiger partial charge in [-0.05, 0) is 86.6 Å². The van der Waals surface area contributed by atoms with Crippen LogP contribution in [-0.4, -0.2) is 0 Å². The summed E-state index contributed by atoms with van der Waals surface area (Å²) in [6.45, 7) is 0. The van der Waals surface area contributed by atoms with E-state index in [9.17, 15) is 5.26 Å². The van der Waals surface area contributed by atoms with Gasteiger partial charge < -0.3 is 4.90 Å². The van der Waals surface area contributed by atoms with E-state index in [1.165, 1.54) is 38.6 Å². The first-order chi connectivity index (χ1) is 18.3. The molecule has 1 aliphatic rings. The molecule has 6 aromatic rings. The Morgan fingerprint density at radius 1 is 0.459 bits per heavy atom. The molecule has 0 amide bonds. The van der Waals surface area contributed by atoms with Crippen LogP contribution in [-0.2, 0) is 0 Å². The van der Waals surface area contributed by atoms with Crippen molar-refractivity contribution < 1.29 is 0 Å². The summed E-state index contributed by atoms with van der Waals surface area (Å²) >= 11 is 0. The molecule has 0 atom stereocenters. The largest absolute Gasteiger partial charge is 0.310 e. The Bertz CT molecular complexity index is 1810. The van der Waals surface area contributed by atoms with E-state index in [0.717, 1.165) is 22.6 Å². The highest BCUT2D eigenvalue weighted by Crippen LogP contribution is 2.49. The van der Waals surface area contributed by atoms with Crippen LogP contribution < -0.4 is 4.90 Å². The molecule has 0 aromatic heterocycles. The summed E-state index contributed by atoms with van der Waals surface area (Å²) < 4.78 is 0. The number of benzene rings is 6. The van der Waals surface area contributed by atoms with Gasteiger partial charge in [0, 0.05) is 17.1 Å². The van der Waals surface area contributed by atoms with E-state index in [2.05, 4.69) is 108 Å². The molecule has 172 valence electrons. The average molecular weight is 471 g/mol. The Labute approximate surface area is 216 Å². The number of nitrogens with zero attached hydrogens (tertiary/aromatic N) is 2. The molecule has 0 radical (unpaired) electrons. The molecule has 0 unspecified atom stereocenters. The van der Waals surface area contributed by atoms with Crippen LogP contribution in [0.2, 0.25) is 0 Å². The van der Waals surface area contributed by atoms with Gasteiger partial charge in [-0.25, -0.2) is 0 Å². The fraction of sp³-hybridized carbons (Fsp3) is 0. The Kier molecular flexibility index (Phi) is 4.87. The topological polar surface area (TPSA) is 27.0 Å². The smallest absolute Gasteiger partial charge is 0.0992 e. The predicted molar refractivity (Wildman–Crippen MR) is 153 cm³/mol. The second-order valence-corrected chi connectivity index (χ2v) is 9.32. The van der Waals surface area contributed by atoms with Crippen LogP contribution >= 0.6 is 0 Å². The fourth-order valence-corrected chi connectivity index (χ4v) is 5.61. The first-order valence-corrected chi connectivity index (χ1v) is 12.4. The Morgan fingerprint density at radius 3 is 1.84 bits per heavy atom. The molecule has 0 N–H and O–H groups in total. The van der Waals surface area contributed by atoms with Crippen LogP contribution in [0.15, 0.2) is 133 Å². The lowest BCUT2D eigenvalue weighted by atomic mass is 9.94. The third-order valence-corrected chi connectivity index (χ3v) is 7.21. The summed E-state index contributed by atoms with van der Waals surface area (Å²) in [5.74, 6) is 0. The fourth-order valence-electron chi connectivity index (χ4n) is 5.61. The lowest BCUT2D eigenvalue weighted by molar-refractivity contribution is 1.28. The zero-order valence-corrected chi connectivity index (χ0v) is 20.1. The Balaban J connectivity index is 1.41. The second-order valence-electron chi connectivity index (χ2n) is 9.32. The van der Waals surface area contributed by atoms with E-state index in [1.54, 1.807) is 0 Å². The minimum Gasteiger partial charge on any atom is -0.310 e. The number of anilines is 3. The normalized spacial score (nSPS) is 11.2. The maximum atomic E-state index is 9.52. The molecule has 0 fully saturated rings. The van der Waals surface area contributed by atoms with E-state index >= 15 is 0 Å². The monoisotopic (exact) mass is 470 g/mol. The third kappa shape index (κ3) is 3.41. The highest BCUT2D eigenvalue weighted by molar-refractivity contribution is 6.18. The van der Waals surface area contributed by atoms with E-state index in [4.69, 9.17) is 0 Å². The van der Waals surface area contributed by atoms with Gasteiger partial charge in [-0.2, -0.15) is 5.26 Å². The predicted octanol–water partition coefficient (Wildman–Crippen LogP) is 9.50. The van der Waals surface area contributed by atoms with E-state index in [-0.39, 0.29) is 0 Å². The van der Waals surface area contributed by atoms with Crippen molar-refractivity contribution in [3.05, 3.63) is 139 Å². The summed E-state index contributed by atoms with van der Waals surface area (Å²) in [7, 11) is 0. The number of hydrogen-bond acceptors (Lipinski definition) is 2. The first-order valence-electron chi connectivity index (χ1n) is 12.4. The van der Waals surface area contributed by atoms with Crippen LogP contribution in [0, 0.1) is 11.3 Å². The van der Waals surface area contributed by atoms with Gasteiger partial charge in [0.1, 0.15) is 0 Å². The quantitative estimate of drug-likeness (QED) is 0.256. The summed E-state index contributed by atoms with van der Waals surface area (Å²) in [5, 5.41) is 12.1. The molecule has 37 heavy (non-hydrogen) atoms. The van der Waals surface area contributed by atoms with Crippen LogP contribution in [0.25, 0.3) is 44.2 Å². The van der Waals surface area contributed by atoms with Crippen molar-refractivity contribution in [2.45, 2.75) is 0 Å².